The van der Waals surface area contributed by atoms with Crippen LogP contribution in [-0.4, -0.2) is 5.91 Å². The van der Waals surface area contributed by atoms with Crippen molar-refractivity contribution in [3.8, 4) is 11.8 Å². The van der Waals surface area contributed by atoms with Crippen molar-refractivity contribution < 1.29 is 13.6 Å². The first-order valence-corrected chi connectivity index (χ1v) is 4.02. The van der Waals surface area contributed by atoms with Crippen LogP contribution in [0.15, 0.2) is 12.1 Å². The maximum Gasteiger partial charge on any atom is 0.229 e. The quantitative estimate of drug-likeness (QED) is 0.531. The van der Waals surface area contributed by atoms with Crippen LogP contribution in [0.5, 0.6) is 0 Å². The van der Waals surface area contributed by atoms with Gasteiger partial charge in [0.1, 0.15) is 11.6 Å². The van der Waals surface area contributed by atoms with Gasteiger partial charge in [0.25, 0.3) is 0 Å². The Kier molecular flexibility index (Phi) is 3.24. The molecule has 0 bridgehead atoms. The predicted octanol–water partition coefficient (Wildman–Crippen LogP) is 0.774. The Morgan fingerprint density at radius 2 is 1.87 bits per heavy atom. The van der Waals surface area contributed by atoms with E-state index in [9.17, 15) is 13.6 Å². The molecule has 0 fully saturated rings. The van der Waals surface area contributed by atoms with Crippen LogP contribution < -0.4 is 11.5 Å². The standard InChI is InChI=1S/C10H8F2N2O/c11-8-4-6(13)5-9(12)7(8)2-1-3-10(14)15/h4-5H,3,13H2,(H2,14,15). The molecule has 78 valence electrons. The number of primary amides is 1. The number of rotatable bonds is 1. The third kappa shape index (κ3) is 2.95. The number of nitrogens with two attached hydrogens (primary N) is 2. The molecule has 15 heavy (non-hydrogen) atoms. The highest BCUT2D eigenvalue weighted by Gasteiger charge is 2.07. The zero-order valence-corrected chi connectivity index (χ0v) is 7.68. The van der Waals surface area contributed by atoms with E-state index in [1.807, 2.05) is 0 Å². The summed E-state index contributed by atoms with van der Waals surface area (Å²) in [7, 11) is 0. The number of halogens is 2. The second kappa shape index (κ2) is 4.42. The monoisotopic (exact) mass is 210 g/mol. The second-order valence-electron chi connectivity index (χ2n) is 2.80. The lowest BCUT2D eigenvalue weighted by molar-refractivity contribution is -0.117. The molecule has 0 saturated carbocycles. The van der Waals surface area contributed by atoms with Gasteiger partial charge in [0, 0.05) is 5.69 Å². The zero-order chi connectivity index (χ0) is 11.4. The van der Waals surface area contributed by atoms with Crippen LogP contribution in [0.4, 0.5) is 14.5 Å². The third-order valence-corrected chi connectivity index (χ3v) is 1.54. The Hall–Kier alpha value is -2.09. The van der Waals surface area contributed by atoms with Crippen molar-refractivity contribution in [3.05, 3.63) is 29.3 Å². The number of anilines is 1. The molecule has 1 rings (SSSR count). The highest BCUT2D eigenvalue weighted by atomic mass is 19.1. The Balaban J connectivity index is 3.03. The molecule has 0 aliphatic rings. The molecule has 3 nitrogen and oxygen atoms in total. The maximum atomic E-state index is 13.1. The highest BCUT2D eigenvalue weighted by molar-refractivity contribution is 5.76. The normalized spacial score (nSPS) is 9.20. The molecule has 0 spiro atoms. The zero-order valence-electron chi connectivity index (χ0n) is 7.68. The molecule has 0 heterocycles. The van der Waals surface area contributed by atoms with Gasteiger partial charge in [-0.1, -0.05) is 11.8 Å². The summed E-state index contributed by atoms with van der Waals surface area (Å²) in [6.07, 6.45) is -0.247. The maximum absolute atomic E-state index is 13.1. The number of nitrogen functional groups attached to an aromatic ring is 1. The molecule has 0 aromatic heterocycles. The van der Waals surface area contributed by atoms with E-state index < -0.39 is 23.1 Å². The van der Waals surface area contributed by atoms with Crippen molar-refractivity contribution in [3.63, 3.8) is 0 Å². The number of carbonyl (C=O) groups excluding carboxylic acids is 1. The van der Waals surface area contributed by atoms with Gasteiger partial charge in [-0.05, 0) is 12.1 Å². The summed E-state index contributed by atoms with van der Waals surface area (Å²) < 4.78 is 26.2. The summed E-state index contributed by atoms with van der Waals surface area (Å²) in [6, 6.07) is 1.91. The highest BCUT2D eigenvalue weighted by Crippen LogP contribution is 2.15. The van der Waals surface area contributed by atoms with Gasteiger partial charge in [-0.25, -0.2) is 8.78 Å². The molecule has 5 heteroatoms. The van der Waals surface area contributed by atoms with Gasteiger partial charge in [0.05, 0.1) is 12.0 Å². The van der Waals surface area contributed by atoms with E-state index in [0.29, 0.717) is 0 Å². The lowest BCUT2D eigenvalue weighted by Crippen LogP contribution is -2.08. The fourth-order valence-corrected chi connectivity index (χ4v) is 0.932. The predicted molar refractivity (Wildman–Crippen MR) is 51.5 cm³/mol. The number of carbonyl (C=O) groups is 1. The molecule has 0 saturated heterocycles. The summed E-state index contributed by atoms with van der Waals surface area (Å²) in [5.41, 5.74) is 9.58. The van der Waals surface area contributed by atoms with Crippen LogP contribution in [0.1, 0.15) is 12.0 Å². The summed E-state index contributed by atoms with van der Waals surface area (Å²) in [6.45, 7) is 0. The Bertz CT molecular complexity index is 437. The molecule has 1 aromatic carbocycles. The summed E-state index contributed by atoms with van der Waals surface area (Å²) in [5, 5.41) is 0. The van der Waals surface area contributed by atoms with Crippen LogP contribution in [0.2, 0.25) is 0 Å². The summed E-state index contributed by atoms with van der Waals surface area (Å²) >= 11 is 0. The number of amides is 1. The van der Waals surface area contributed by atoms with Gasteiger partial charge >= 0.3 is 0 Å². The van der Waals surface area contributed by atoms with Crippen LogP contribution in [0.25, 0.3) is 0 Å². The van der Waals surface area contributed by atoms with Crippen molar-refractivity contribution in [2.75, 3.05) is 5.73 Å². The lowest BCUT2D eigenvalue weighted by Gasteiger charge is -1.98. The second-order valence-corrected chi connectivity index (χ2v) is 2.80. The van der Waals surface area contributed by atoms with Crippen LogP contribution >= 0.6 is 0 Å². The van der Waals surface area contributed by atoms with Crippen molar-refractivity contribution >= 4 is 11.6 Å². The molecule has 4 N–H and O–H groups in total. The molecule has 0 aliphatic carbocycles. The lowest BCUT2D eigenvalue weighted by atomic mass is 10.2. The van der Waals surface area contributed by atoms with Gasteiger partial charge in [-0.2, -0.15) is 0 Å². The van der Waals surface area contributed by atoms with E-state index in [4.69, 9.17) is 11.5 Å². The Morgan fingerprint density at radius 3 is 2.33 bits per heavy atom. The van der Waals surface area contributed by atoms with Crippen molar-refractivity contribution in [2.45, 2.75) is 6.42 Å². The molecular weight excluding hydrogens is 202 g/mol. The molecule has 1 aromatic rings. The van der Waals surface area contributed by atoms with Crippen molar-refractivity contribution in [1.82, 2.24) is 0 Å². The fourth-order valence-electron chi connectivity index (χ4n) is 0.932. The Morgan fingerprint density at radius 1 is 1.33 bits per heavy atom. The number of benzene rings is 1. The van der Waals surface area contributed by atoms with E-state index in [-0.39, 0.29) is 12.1 Å². The summed E-state index contributed by atoms with van der Waals surface area (Å²) in [5.74, 6) is 2.07. The number of hydrogen-bond donors (Lipinski definition) is 2. The summed E-state index contributed by atoms with van der Waals surface area (Å²) in [4.78, 5) is 10.3. The van der Waals surface area contributed by atoms with E-state index in [1.165, 1.54) is 0 Å². The number of hydrogen-bond acceptors (Lipinski definition) is 2. The Labute approximate surface area is 85.1 Å². The fraction of sp³-hybridized carbons (Fsp3) is 0.100. The molecule has 0 radical (unpaired) electrons. The average Bonchev–Trinajstić information content (AvgIpc) is 2.08. The van der Waals surface area contributed by atoms with Gasteiger partial charge in [0.15, 0.2) is 0 Å². The first-order valence-electron chi connectivity index (χ1n) is 4.02. The largest absolute Gasteiger partial charge is 0.399 e. The minimum Gasteiger partial charge on any atom is -0.399 e. The average molecular weight is 210 g/mol. The molecular formula is C10H8F2N2O. The van der Waals surface area contributed by atoms with Gasteiger partial charge < -0.3 is 11.5 Å². The van der Waals surface area contributed by atoms with E-state index in [2.05, 4.69) is 11.8 Å². The van der Waals surface area contributed by atoms with Gasteiger partial charge in [-0.15, -0.1) is 0 Å². The van der Waals surface area contributed by atoms with Crippen LogP contribution in [0, 0.1) is 23.5 Å². The first kappa shape index (κ1) is 11.0. The SMILES string of the molecule is NC(=O)CC#Cc1c(F)cc(N)cc1F. The van der Waals surface area contributed by atoms with Gasteiger partial charge in [0.2, 0.25) is 5.91 Å². The smallest absolute Gasteiger partial charge is 0.229 e. The van der Waals surface area contributed by atoms with Crippen molar-refractivity contribution in [2.24, 2.45) is 5.73 Å². The van der Waals surface area contributed by atoms with Crippen LogP contribution in [-0.2, 0) is 4.79 Å². The third-order valence-electron chi connectivity index (χ3n) is 1.54. The van der Waals surface area contributed by atoms with E-state index >= 15 is 0 Å². The molecule has 0 aliphatic heterocycles. The topological polar surface area (TPSA) is 69.1 Å². The minimum absolute atomic E-state index is 0.0227. The molecule has 0 atom stereocenters. The molecule has 0 unspecified atom stereocenters. The van der Waals surface area contributed by atoms with Gasteiger partial charge in [-0.3, -0.25) is 4.79 Å². The van der Waals surface area contributed by atoms with Crippen molar-refractivity contribution in [1.29, 1.82) is 0 Å². The van der Waals surface area contributed by atoms with E-state index in [1.54, 1.807) is 0 Å². The minimum atomic E-state index is -0.857. The molecule has 1 amide bonds. The van der Waals surface area contributed by atoms with Crippen LogP contribution in [0.3, 0.4) is 0 Å². The van der Waals surface area contributed by atoms with E-state index in [0.717, 1.165) is 12.1 Å². The first-order chi connectivity index (χ1) is 7.00.